The Morgan fingerprint density at radius 3 is 2.48 bits per heavy atom. The summed E-state index contributed by atoms with van der Waals surface area (Å²) in [5.74, 6) is -0.197. The molecule has 128 valence electrons. The van der Waals surface area contributed by atoms with E-state index < -0.39 is 0 Å². The zero-order chi connectivity index (χ0) is 17.6. The number of aromatic nitrogens is 2. The van der Waals surface area contributed by atoms with Crippen LogP contribution in [-0.2, 0) is 17.8 Å². The first-order chi connectivity index (χ1) is 12.1. The summed E-state index contributed by atoms with van der Waals surface area (Å²) in [7, 11) is 0. The first-order valence-electron chi connectivity index (χ1n) is 8.42. The van der Waals surface area contributed by atoms with Crippen LogP contribution in [0.1, 0.15) is 17.7 Å². The summed E-state index contributed by atoms with van der Waals surface area (Å²) in [6.45, 7) is 2.36. The van der Waals surface area contributed by atoms with Crippen molar-refractivity contribution in [3.05, 3.63) is 76.2 Å². The minimum atomic E-state index is -0.236. The number of carbonyl (C=O) groups excluding carboxylic acids is 1. The Bertz CT molecular complexity index is 933. The van der Waals surface area contributed by atoms with E-state index >= 15 is 0 Å². The molecule has 0 aliphatic rings. The van der Waals surface area contributed by atoms with E-state index in [0.29, 0.717) is 11.9 Å². The molecule has 0 saturated carbocycles. The number of nitrogens with one attached hydrogen (secondary N) is 1. The smallest absolute Gasteiger partial charge is 0.275 e. The summed E-state index contributed by atoms with van der Waals surface area (Å²) in [6.07, 6.45) is 1.77. The van der Waals surface area contributed by atoms with Gasteiger partial charge in [0.2, 0.25) is 5.91 Å². The number of hydrogen-bond donors (Lipinski definition) is 1. The van der Waals surface area contributed by atoms with E-state index in [0.717, 1.165) is 23.9 Å². The Balaban J connectivity index is 1.59. The number of amides is 1. The Morgan fingerprint density at radius 2 is 1.72 bits per heavy atom. The third-order valence-corrected chi connectivity index (χ3v) is 4.15. The molecule has 1 aromatic heterocycles. The van der Waals surface area contributed by atoms with Crippen molar-refractivity contribution in [2.45, 2.75) is 26.3 Å². The van der Waals surface area contributed by atoms with E-state index in [4.69, 9.17) is 0 Å². The minimum absolute atomic E-state index is 0.0597. The van der Waals surface area contributed by atoms with Crippen LogP contribution in [0.4, 0.5) is 0 Å². The van der Waals surface area contributed by atoms with Crippen LogP contribution in [0, 0.1) is 6.92 Å². The summed E-state index contributed by atoms with van der Waals surface area (Å²) in [5, 5.41) is 8.53. The molecule has 1 heterocycles. The molecule has 3 rings (SSSR count). The molecule has 0 saturated heterocycles. The van der Waals surface area contributed by atoms with Gasteiger partial charge in [0.25, 0.3) is 5.56 Å². The summed E-state index contributed by atoms with van der Waals surface area (Å²) < 4.78 is 1.24. The molecule has 0 atom stereocenters. The molecule has 1 amide bonds. The second kappa shape index (κ2) is 7.75. The summed E-state index contributed by atoms with van der Waals surface area (Å²) >= 11 is 0. The van der Waals surface area contributed by atoms with Crippen LogP contribution in [0.15, 0.2) is 59.4 Å². The number of hydrogen-bond acceptors (Lipinski definition) is 3. The van der Waals surface area contributed by atoms with Gasteiger partial charge >= 0.3 is 0 Å². The lowest BCUT2D eigenvalue weighted by Crippen LogP contribution is -2.34. The largest absolute Gasteiger partial charge is 0.354 e. The lowest BCUT2D eigenvalue weighted by Gasteiger charge is -2.09. The maximum Gasteiger partial charge on any atom is 0.275 e. The standard InChI is InChI=1S/C20H21N3O2/c1-15-17-11-5-6-12-18(17)20(25)23(22-15)14-19(24)21-13-7-10-16-8-3-2-4-9-16/h2-6,8-9,11-12H,7,10,13-14H2,1H3,(H,21,24). The van der Waals surface area contributed by atoms with E-state index in [9.17, 15) is 9.59 Å². The monoisotopic (exact) mass is 335 g/mol. The van der Waals surface area contributed by atoms with Crippen molar-refractivity contribution in [2.24, 2.45) is 0 Å². The Hall–Kier alpha value is -2.95. The average molecular weight is 335 g/mol. The molecule has 3 aromatic rings. The third-order valence-electron chi connectivity index (χ3n) is 4.15. The van der Waals surface area contributed by atoms with E-state index in [1.165, 1.54) is 10.2 Å². The van der Waals surface area contributed by atoms with Gasteiger partial charge in [0, 0.05) is 11.9 Å². The molecule has 5 heteroatoms. The Kier molecular flexibility index (Phi) is 5.23. The molecule has 0 bridgehead atoms. The average Bonchev–Trinajstić information content (AvgIpc) is 2.64. The maximum absolute atomic E-state index is 12.5. The normalized spacial score (nSPS) is 10.8. The van der Waals surface area contributed by atoms with Crippen molar-refractivity contribution in [1.82, 2.24) is 15.1 Å². The van der Waals surface area contributed by atoms with Gasteiger partial charge in [0.1, 0.15) is 6.54 Å². The van der Waals surface area contributed by atoms with E-state index in [2.05, 4.69) is 22.5 Å². The first kappa shape index (κ1) is 16.9. The SMILES string of the molecule is Cc1nn(CC(=O)NCCCc2ccccc2)c(=O)c2ccccc12. The zero-order valence-electron chi connectivity index (χ0n) is 14.2. The van der Waals surface area contributed by atoms with Crippen LogP contribution in [-0.4, -0.2) is 22.2 Å². The van der Waals surface area contributed by atoms with Gasteiger partial charge in [-0.2, -0.15) is 5.10 Å². The Morgan fingerprint density at radius 1 is 1.04 bits per heavy atom. The van der Waals surface area contributed by atoms with Gasteiger partial charge in [-0.3, -0.25) is 9.59 Å². The van der Waals surface area contributed by atoms with Crippen LogP contribution < -0.4 is 10.9 Å². The number of carbonyl (C=O) groups is 1. The maximum atomic E-state index is 12.5. The van der Waals surface area contributed by atoms with Crippen molar-refractivity contribution < 1.29 is 4.79 Å². The second-order valence-electron chi connectivity index (χ2n) is 6.03. The second-order valence-corrected chi connectivity index (χ2v) is 6.03. The molecule has 0 radical (unpaired) electrons. The lowest BCUT2D eigenvalue weighted by molar-refractivity contribution is -0.121. The highest BCUT2D eigenvalue weighted by Crippen LogP contribution is 2.11. The van der Waals surface area contributed by atoms with E-state index in [-0.39, 0.29) is 18.0 Å². The van der Waals surface area contributed by atoms with Crippen molar-refractivity contribution in [2.75, 3.05) is 6.54 Å². The van der Waals surface area contributed by atoms with Gasteiger partial charge in [-0.25, -0.2) is 4.68 Å². The van der Waals surface area contributed by atoms with Gasteiger partial charge < -0.3 is 5.32 Å². The molecule has 25 heavy (non-hydrogen) atoms. The van der Waals surface area contributed by atoms with Crippen molar-refractivity contribution in [3.8, 4) is 0 Å². The topological polar surface area (TPSA) is 64.0 Å². The fourth-order valence-corrected chi connectivity index (χ4v) is 2.87. The molecular weight excluding hydrogens is 314 g/mol. The molecule has 0 aliphatic heterocycles. The highest BCUT2D eigenvalue weighted by atomic mass is 16.2. The summed E-state index contributed by atoms with van der Waals surface area (Å²) in [6, 6.07) is 17.5. The summed E-state index contributed by atoms with van der Waals surface area (Å²) in [5.41, 5.74) is 1.76. The third kappa shape index (κ3) is 4.12. The molecule has 0 spiro atoms. The quantitative estimate of drug-likeness (QED) is 0.704. The fourth-order valence-electron chi connectivity index (χ4n) is 2.87. The zero-order valence-corrected chi connectivity index (χ0v) is 14.2. The molecule has 1 N–H and O–H groups in total. The van der Waals surface area contributed by atoms with E-state index in [1.54, 1.807) is 6.07 Å². The number of aryl methyl sites for hydroxylation is 2. The highest BCUT2D eigenvalue weighted by molar-refractivity contribution is 5.83. The van der Waals surface area contributed by atoms with Crippen molar-refractivity contribution in [1.29, 1.82) is 0 Å². The number of benzene rings is 2. The predicted molar refractivity (Wildman–Crippen MR) is 98.5 cm³/mol. The molecule has 5 nitrogen and oxygen atoms in total. The van der Waals surface area contributed by atoms with Gasteiger partial charge in [0.15, 0.2) is 0 Å². The first-order valence-corrected chi connectivity index (χ1v) is 8.42. The Labute approximate surface area is 146 Å². The number of fused-ring (bicyclic) bond motifs is 1. The van der Waals surface area contributed by atoms with Crippen LogP contribution in [0.2, 0.25) is 0 Å². The van der Waals surface area contributed by atoms with Gasteiger partial charge in [-0.1, -0.05) is 48.5 Å². The van der Waals surface area contributed by atoms with Crippen LogP contribution >= 0.6 is 0 Å². The lowest BCUT2D eigenvalue weighted by atomic mass is 10.1. The van der Waals surface area contributed by atoms with Gasteiger partial charge in [-0.15, -0.1) is 0 Å². The highest BCUT2D eigenvalue weighted by Gasteiger charge is 2.10. The predicted octanol–water partition coefficient (Wildman–Crippen LogP) is 2.45. The fraction of sp³-hybridized carbons (Fsp3) is 0.250. The number of nitrogens with zero attached hydrogens (tertiary/aromatic N) is 2. The van der Waals surface area contributed by atoms with Gasteiger partial charge in [0.05, 0.1) is 11.1 Å². The summed E-state index contributed by atoms with van der Waals surface area (Å²) in [4.78, 5) is 24.6. The molecule has 0 aliphatic carbocycles. The van der Waals surface area contributed by atoms with Crippen molar-refractivity contribution in [3.63, 3.8) is 0 Å². The molecular formula is C20H21N3O2. The van der Waals surface area contributed by atoms with Crippen LogP contribution in [0.5, 0.6) is 0 Å². The van der Waals surface area contributed by atoms with Crippen LogP contribution in [0.3, 0.4) is 0 Å². The number of rotatable bonds is 6. The minimum Gasteiger partial charge on any atom is -0.354 e. The van der Waals surface area contributed by atoms with E-state index in [1.807, 2.05) is 43.3 Å². The molecule has 0 unspecified atom stereocenters. The van der Waals surface area contributed by atoms with Crippen LogP contribution in [0.25, 0.3) is 10.8 Å². The van der Waals surface area contributed by atoms with Gasteiger partial charge in [-0.05, 0) is 31.4 Å². The molecule has 2 aromatic carbocycles. The molecule has 0 fully saturated rings. The van der Waals surface area contributed by atoms with Crippen molar-refractivity contribution >= 4 is 16.7 Å².